The molecule has 1 N–H and O–H groups in total. The number of sulfonamides is 1. The largest absolute Gasteiger partial charge is 0.479 e. The minimum Gasteiger partial charge on any atom is -0.479 e. The summed E-state index contributed by atoms with van der Waals surface area (Å²) in [6, 6.07) is 11.1. The number of nitrogens with zero attached hydrogens (tertiary/aromatic N) is 2. The molecule has 2 aliphatic heterocycles. The Morgan fingerprint density at radius 2 is 1.79 bits per heavy atom. The molecule has 180 valence electrons. The van der Waals surface area contributed by atoms with E-state index in [0.717, 1.165) is 24.8 Å². The third kappa shape index (κ3) is 4.85. The quantitative estimate of drug-likeness (QED) is 0.631. The van der Waals surface area contributed by atoms with E-state index in [9.17, 15) is 18.0 Å². The fourth-order valence-corrected chi connectivity index (χ4v) is 5.67. The van der Waals surface area contributed by atoms with Gasteiger partial charge in [-0.05, 0) is 63.1 Å². The predicted molar refractivity (Wildman–Crippen MR) is 131 cm³/mol. The highest BCUT2D eigenvalue weighted by Gasteiger charge is 2.31. The van der Waals surface area contributed by atoms with E-state index in [0.29, 0.717) is 42.3 Å². The van der Waals surface area contributed by atoms with E-state index in [1.165, 1.54) is 28.6 Å². The van der Waals surface area contributed by atoms with Gasteiger partial charge in [0.05, 0.1) is 10.6 Å². The van der Waals surface area contributed by atoms with Crippen molar-refractivity contribution < 1.29 is 22.7 Å². The number of benzene rings is 2. The Hall–Kier alpha value is -3.17. The molecule has 4 rings (SSSR count). The van der Waals surface area contributed by atoms with Gasteiger partial charge in [0.2, 0.25) is 10.0 Å². The lowest BCUT2D eigenvalue weighted by atomic mass is 10.1. The van der Waals surface area contributed by atoms with Crippen LogP contribution in [0.3, 0.4) is 0 Å². The molecule has 0 bridgehead atoms. The van der Waals surface area contributed by atoms with Crippen molar-refractivity contribution in [3.8, 4) is 5.75 Å². The first-order valence-corrected chi connectivity index (χ1v) is 12.8. The van der Waals surface area contributed by atoms with E-state index in [1.54, 1.807) is 30.0 Å². The zero-order valence-electron chi connectivity index (χ0n) is 19.4. The number of hydrogen-bond donors (Lipinski definition) is 1. The van der Waals surface area contributed by atoms with Gasteiger partial charge >= 0.3 is 0 Å². The van der Waals surface area contributed by atoms with Gasteiger partial charge in [-0.3, -0.25) is 9.59 Å². The summed E-state index contributed by atoms with van der Waals surface area (Å²) in [4.78, 5) is 27.1. The zero-order chi connectivity index (χ0) is 24.5. The molecule has 9 heteroatoms. The lowest BCUT2D eigenvalue weighted by molar-refractivity contribution is -0.125. The van der Waals surface area contributed by atoms with Crippen LogP contribution >= 0.6 is 0 Å². The van der Waals surface area contributed by atoms with Gasteiger partial charge in [0, 0.05) is 37.0 Å². The van der Waals surface area contributed by atoms with Crippen molar-refractivity contribution in [1.82, 2.24) is 4.31 Å². The fourth-order valence-electron chi connectivity index (χ4n) is 4.16. The molecule has 2 aliphatic rings. The normalized spacial score (nSPS) is 18.7. The molecule has 1 unspecified atom stereocenters. The minimum absolute atomic E-state index is 0.146. The first kappa shape index (κ1) is 24.0. The minimum atomic E-state index is -3.55. The molecule has 2 aromatic carbocycles. The first-order chi connectivity index (χ1) is 16.2. The number of carbonyl (C=O) groups excluding carboxylic acids is 2. The molecular formula is C25H29N3O5S. The van der Waals surface area contributed by atoms with Gasteiger partial charge in [0.15, 0.2) is 6.10 Å². The van der Waals surface area contributed by atoms with E-state index < -0.39 is 16.1 Å². The van der Waals surface area contributed by atoms with Gasteiger partial charge in [0.1, 0.15) is 5.75 Å². The van der Waals surface area contributed by atoms with Gasteiger partial charge in [0.25, 0.3) is 11.8 Å². The van der Waals surface area contributed by atoms with Crippen LogP contribution in [0.25, 0.3) is 0 Å². The average Bonchev–Trinajstić information content (AvgIpc) is 2.82. The van der Waals surface area contributed by atoms with E-state index in [-0.39, 0.29) is 16.7 Å². The Labute approximate surface area is 200 Å². The van der Waals surface area contributed by atoms with Crippen molar-refractivity contribution in [3.63, 3.8) is 0 Å². The van der Waals surface area contributed by atoms with Gasteiger partial charge in [-0.1, -0.05) is 18.6 Å². The number of ether oxygens (including phenoxy) is 1. The third-order valence-corrected chi connectivity index (χ3v) is 7.84. The van der Waals surface area contributed by atoms with E-state index in [2.05, 4.69) is 11.9 Å². The Morgan fingerprint density at radius 3 is 2.44 bits per heavy atom. The zero-order valence-corrected chi connectivity index (χ0v) is 20.2. The van der Waals surface area contributed by atoms with Gasteiger partial charge in [-0.25, -0.2) is 8.42 Å². The number of anilines is 2. The predicted octanol–water partition coefficient (Wildman–Crippen LogP) is 3.80. The lowest BCUT2D eigenvalue weighted by Crippen LogP contribution is -2.45. The molecule has 0 aromatic heterocycles. The van der Waals surface area contributed by atoms with Crippen LogP contribution in [-0.4, -0.2) is 50.3 Å². The summed E-state index contributed by atoms with van der Waals surface area (Å²) in [7, 11) is -3.55. The molecule has 1 fully saturated rings. The van der Waals surface area contributed by atoms with E-state index in [1.807, 2.05) is 6.92 Å². The number of fused-ring (bicyclic) bond motifs is 1. The topological polar surface area (TPSA) is 96.0 Å². The van der Waals surface area contributed by atoms with Crippen molar-refractivity contribution in [2.24, 2.45) is 0 Å². The molecule has 1 saturated heterocycles. The number of amides is 2. The van der Waals surface area contributed by atoms with Gasteiger partial charge < -0.3 is 15.0 Å². The molecule has 2 heterocycles. The third-order valence-electron chi connectivity index (χ3n) is 5.92. The molecule has 2 amide bonds. The van der Waals surface area contributed by atoms with Crippen LogP contribution in [0.15, 0.2) is 59.5 Å². The summed E-state index contributed by atoms with van der Waals surface area (Å²) < 4.78 is 32.9. The molecule has 2 aromatic rings. The van der Waals surface area contributed by atoms with Crippen molar-refractivity contribution >= 4 is 33.2 Å². The first-order valence-electron chi connectivity index (χ1n) is 11.3. The smallest absolute Gasteiger partial charge is 0.268 e. The average molecular weight is 484 g/mol. The van der Waals surface area contributed by atoms with Crippen LogP contribution in [0.5, 0.6) is 5.75 Å². The van der Waals surface area contributed by atoms with E-state index >= 15 is 0 Å². The van der Waals surface area contributed by atoms with Crippen LogP contribution < -0.4 is 15.0 Å². The van der Waals surface area contributed by atoms with Crippen LogP contribution in [0.4, 0.5) is 11.4 Å². The number of nitrogens with one attached hydrogen (secondary N) is 1. The SMILES string of the molecule is C=C(C)CN1C(=O)C(C)Oc2cc(NC(=O)c3ccc(S(=O)(=O)N4CCCCC4)cc3)ccc21. The van der Waals surface area contributed by atoms with Gasteiger partial charge in [-0.2, -0.15) is 4.31 Å². The summed E-state index contributed by atoms with van der Waals surface area (Å²) >= 11 is 0. The fraction of sp³-hybridized carbons (Fsp3) is 0.360. The van der Waals surface area contributed by atoms with Crippen LogP contribution in [0.2, 0.25) is 0 Å². The second-order valence-electron chi connectivity index (χ2n) is 8.77. The summed E-state index contributed by atoms with van der Waals surface area (Å²) in [5, 5.41) is 2.81. The summed E-state index contributed by atoms with van der Waals surface area (Å²) in [5.74, 6) is -0.0263. The van der Waals surface area contributed by atoms with Crippen LogP contribution in [0, 0.1) is 0 Å². The summed E-state index contributed by atoms with van der Waals surface area (Å²) in [5.41, 5.74) is 2.31. The Bertz CT molecular complexity index is 1220. The van der Waals surface area contributed by atoms with E-state index in [4.69, 9.17) is 4.74 Å². The second-order valence-corrected chi connectivity index (χ2v) is 10.7. The molecule has 0 spiro atoms. The van der Waals surface area contributed by atoms with Crippen LogP contribution in [-0.2, 0) is 14.8 Å². The van der Waals surface area contributed by atoms with Gasteiger partial charge in [-0.15, -0.1) is 0 Å². The highest BCUT2D eigenvalue weighted by Crippen LogP contribution is 2.36. The second kappa shape index (κ2) is 9.60. The molecule has 34 heavy (non-hydrogen) atoms. The number of piperidine rings is 1. The maximum atomic E-state index is 12.8. The van der Waals surface area contributed by atoms with Crippen molar-refractivity contribution in [1.29, 1.82) is 0 Å². The number of hydrogen-bond acceptors (Lipinski definition) is 5. The molecule has 1 atom stereocenters. The standard InChI is InChI=1S/C25H29N3O5S/c1-17(2)16-28-22-12-9-20(15-23(22)33-18(3)25(28)30)26-24(29)19-7-10-21(11-8-19)34(31,32)27-13-5-4-6-14-27/h7-12,15,18H,1,4-6,13-14,16H2,2-3H3,(H,26,29). The summed E-state index contributed by atoms with van der Waals surface area (Å²) in [6.07, 6.45) is 2.12. The number of carbonyl (C=O) groups is 2. The molecular weight excluding hydrogens is 454 g/mol. The highest BCUT2D eigenvalue weighted by molar-refractivity contribution is 7.89. The van der Waals surface area contributed by atoms with Crippen LogP contribution in [0.1, 0.15) is 43.5 Å². The van der Waals surface area contributed by atoms with Crippen molar-refractivity contribution in [2.45, 2.75) is 44.1 Å². The Morgan fingerprint density at radius 1 is 1.12 bits per heavy atom. The molecule has 0 radical (unpaired) electrons. The van der Waals surface area contributed by atoms with Crippen molar-refractivity contribution in [2.75, 3.05) is 29.9 Å². The maximum absolute atomic E-state index is 12.8. The maximum Gasteiger partial charge on any atom is 0.268 e. The molecule has 0 saturated carbocycles. The Kier molecular flexibility index (Phi) is 6.77. The monoisotopic (exact) mass is 483 g/mol. The molecule has 8 nitrogen and oxygen atoms in total. The van der Waals surface area contributed by atoms with Crippen molar-refractivity contribution in [3.05, 3.63) is 60.2 Å². The summed E-state index contributed by atoms with van der Waals surface area (Å²) in [6.45, 7) is 8.86. The lowest BCUT2D eigenvalue weighted by Gasteiger charge is -2.33. The number of rotatable bonds is 6. The molecule has 0 aliphatic carbocycles. The Balaban J connectivity index is 1.49. The highest BCUT2D eigenvalue weighted by atomic mass is 32.2.